The predicted molar refractivity (Wildman–Crippen MR) is 99.5 cm³/mol. The van der Waals surface area contributed by atoms with Crippen LogP contribution in [-0.4, -0.2) is 13.7 Å². The first-order valence-corrected chi connectivity index (χ1v) is 8.45. The van der Waals surface area contributed by atoms with Gasteiger partial charge in [0, 0.05) is 17.5 Å². The van der Waals surface area contributed by atoms with Gasteiger partial charge in [-0.2, -0.15) is 8.75 Å². The zero-order valence-corrected chi connectivity index (χ0v) is 14.4. The summed E-state index contributed by atoms with van der Waals surface area (Å²) in [5.41, 5.74) is 5.15. The molecule has 7 heteroatoms. The molecule has 1 N–H and O–H groups in total. The molecule has 4 aromatic rings. The number of fused-ring (bicyclic) bond motifs is 1. The molecule has 0 saturated heterocycles. The van der Waals surface area contributed by atoms with Gasteiger partial charge in [-0.15, -0.1) is 23.7 Å². The number of aromatic nitrogens is 3. The number of hydrogen-bond acceptors (Lipinski definition) is 6. The van der Waals surface area contributed by atoms with E-state index in [4.69, 9.17) is 0 Å². The van der Waals surface area contributed by atoms with Crippen molar-refractivity contribution in [3.8, 4) is 11.3 Å². The number of halogens is 1. The molecule has 0 fully saturated rings. The maximum Gasteiger partial charge on any atom is 0.183 e. The van der Waals surface area contributed by atoms with Crippen LogP contribution in [0.15, 0.2) is 53.9 Å². The first kappa shape index (κ1) is 15.9. The molecule has 2 heterocycles. The molecule has 0 atom stereocenters. The third-order valence-electron chi connectivity index (χ3n) is 3.34. The average Bonchev–Trinajstić information content (AvgIpc) is 3.22. The van der Waals surface area contributed by atoms with Gasteiger partial charge in [-0.1, -0.05) is 36.4 Å². The molecular formula is C16H13ClN4S2. The molecule has 23 heavy (non-hydrogen) atoms. The summed E-state index contributed by atoms with van der Waals surface area (Å²) in [6.07, 6.45) is 0. The molecule has 2 aromatic carbocycles. The van der Waals surface area contributed by atoms with Gasteiger partial charge in [0.05, 0.1) is 17.4 Å². The Labute approximate surface area is 148 Å². The van der Waals surface area contributed by atoms with E-state index in [1.165, 1.54) is 17.3 Å². The number of benzene rings is 2. The summed E-state index contributed by atoms with van der Waals surface area (Å²) in [4.78, 5) is 4.65. The Hall–Kier alpha value is -2.02. The lowest BCUT2D eigenvalue weighted by atomic mass is 10.1. The molecule has 0 aliphatic carbocycles. The van der Waals surface area contributed by atoms with Gasteiger partial charge in [0.1, 0.15) is 11.0 Å². The fraction of sp³-hybridized carbons (Fsp3) is 0.0625. The highest BCUT2D eigenvalue weighted by molar-refractivity contribution is 7.14. The standard InChI is InChI=1S/C16H12N4S2.ClH/c1-2-4-11(5-3-1)9-17-16-18-15(10-21-16)12-6-7-13-14(8-12)20-22-19-13;/h1-8,10H,9H2,(H,17,18);1H. The van der Waals surface area contributed by atoms with Crippen LogP contribution < -0.4 is 5.32 Å². The van der Waals surface area contributed by atoms with Crippen molar-refractivity contribution in [2.45, 2.75) is 6.54 Å². The molecule has 0 spiro atoms. The van der Waals surface area contributed by atoms with Crippen molar-refractivity contribution < 1.29 is 0 Å². The largest absolute Gasteiger partial charge is 0.357 e. The number of rotatable bonds is 4. The Kier molecular flexibility index (Phi) is 4.85. The Balaban J connectivity index is 0.00000156. The van der Waals surface area contributed by atoms with E-state index in [0.29, 0.717) is 0 Å². The Morgan fingerprint density at radius 1 is 0.957 bits per heavy atom. The normalized spacial score (nSPS) is 10.4. The van der Waals surface area contributed by atoms with Crippen LogP contribution in [0.2, 0.25) is 0 Å². The van der Waals surface area contributed by atoms with Gasteiger partial charge in [0.25, 0.3) is 0 Å². The molecule has 0 aliphatic rings. The summed E-state index contributed by atoms with van der Waals surface area (Å²) in [5, 5.41) is 6.35. The highest BCUT2D eigenvalue weighted by Crippen LogP contribution is 2.27. The van der Waals surface area contributed by atoms with Crippen molar-refractivity contribution in [3.63, 3.8) is 0 Å². The van der Waals surface area contributed by atoms with Crippen molar-refractivity contribution in [3.05, 3.63) is 59.5 Å². The van der Waals surface area contributed by atoms with Crippen molar-refractivity contribution in [2.24, 2.45) is 0 Å². The molecule has 0 radical (unpaired) electrons. The predicted octanol–water partition coefficient (Wildman–Crippen LogP) is 4.85. The van der Waals surface area contributed by atoms with Gasteiger partial charge in [-0.3, -0.25) is 0 Å². The van der Waals surface area contributed by atoms with Crippen LogP contribution in [0.1, 0.15) is 5.56 Å². The first-order valence-electron chi connectivity index (χ1n) is 6.84. The Bertz CT molecular complexity index is 905. The lowest BCUT2D eigenvalue weighted by Gasteiger charge is -2.02. The number of nitrogens with one attached hydrogen (secondary N) is 1. The number of nitrogens with zero attached hydrogens (tertiary/aromatic N) is 3. The third-order valence-corrected chi connectivity index (χ3v) is 4.70. The first-order chi connectivity index (χ1) is 10.9. The molecule has 2 aromatic heterocycles. The Morgan fingerprint density at radius 3 is 2.65 bits per heavy atom. The summed E-state index contributed by atoms with van der Waals surface area (Å²) in [6.45, 7) is 0.781. The van der Waals surface area contributed by atoms with Gasteiger partial charge in [-0.25, -0.2) is 4.98 Å². The quantitative estimate of drug-likeness (QED) is 0.565. The molecule has 116 valence electrons. The summed E-state index contributed by atoms with van der Waals surface area (Å²) < 4.78 is 8.50. The summed E-state index contributed by atoms with van der Waals surface area (Å²) in [7, 11) is 0. The number of hydrogen-bond donors (Lipinski definition) is 1. The molecule has 0 aliphatic heterocycles. The maximum atomic E-state index is 4.65. The van der Waals surface area contributed by atoms with Crippen LogP contribution in [0.25, 0.3) is 22.3 Å². The van der Waals surface area contributed by atoms with Crippen molar-refractivity contribution in [1.82, 2.24) is 13.7 Å². The highest BCUT2D eigenvalue weighted by atomic mass is 35.5. The van der Waals surface area contributed by atoms with Crippen LogP contribution in [0.5, 0.6) is 0 Å². The molecular weight excluding hydrogens is 348 g/mol. The van der Waals surface area contributed by atoms with Crippen molar-refractivity contribution in [1.29, 1.82) is 0 Å². The van der Waals surface area contributed by atoms with Gasteiger partial charge in [0.2, 0.25) is 0 Å². The minimum atomic E-state index is 0. The van der Waals surface area contributed by atoms with E-state index < -0.39 is 0 Å². The summed E-state index contributed by atoms with van der Waals surface area (Å²) in [6, 6.07) is 16.4. The van der Waals surface area contributed by atoms with E-state index >= 15 is 0 Å². The summed E-state index contributed by atoms with van der Waals surface area (Å²) in [5.74, 6) is 0. The summed E-state index contributed by atoms with van der Waals surface area (Å²) >= 11 is 2.85. The molecule has 0 amide bonds. The van der Waals surface area contributed by atoms with Gasteiger partial charge < -0.3 is 5.32 Å². The van der Waals surface area contributed by atoms with E-state index in [0.717, 1.165) is 34.0 Å². The van der Waals surface area contributed by atoms with E-state index in [1.54, 1.807) is 11.3 Å². The van der Waals surface area contributed by atoms with Crippen LogP contribution >= 0.6 is 35.5 Å². The maximum absolute atomic E-state index is 4.65. The molecule has 4 nitrogen and oxygen atoms in total. The molecule has 4 rings (SSSR count). The topological polar surface area (TPSA) is 50.7 Å². The highest BCUT2D eigenvalue weighted by Gasteiger charge is 2.07. The van der Waals surface area contributed by atoms with Crippen LogP contribution in [0.4, 0.5) is 5.13 Å². The minimum absolute atomic E-state index is 0. The fourth-order valence-electron chi connectivity index (χ4n) is 2.20. The lowest BCUT2D eigenvalue weighted by molar-refractivity contribution is 1.14. The second-order valence-corrected chi connectivity index (χ2v) is 6.23. The van der Waals surface area contributed by atoms with Crippen LogP contribution in [0.3, 0.4) is 0 Å². The van der Waals surface area contributed by atoms with Gasteiger partial charge >= 0.3 is 0 Å². The van der Waals surface area contributed by atoms with E-state index in [-0.39, 0.29) is 12.4 Å². The monoisotopic (exact) mass is 360 g/mol. The van der Waals surface area contributed by atoms with Gasteiger partial charge in [0.15, 0.2) is 5.13 Å². The van der Waals surface area contributed by atoms with E-state index in [9.17, 15) is 0 Å². The molecule has 0 bridgehead atoms. The fourth-order valence-corrected chi connectivity index (χ4v) is 3.44. The Morgan fingerprint density at radius 2 is 1.78 bits per heavy atom. The van der Waals surface area contributed by atoms with Crippen LogP contribution in [-0.2, 0) is 6.54 Å². The van der Waals surface area contributed by atoms with Crippen molar-refractivity contribution >= 4 is 51.6 Å². The molecule has 0 saturated carbocycles. The average molecular weight is 361 g/mol. The second kappa shape index (κ2) is 7.04. The molecule has 0 unspecified atom stereocenters. The lowest BCUT2D eigenvalue weighted by Crippen LogP contribution is -1.98. The second-order valence-electron chi connectivity index (χ2n) is 4.84. The number of thiazole rings is 1. The minimum Gasteiger partial charge on any atom is -0.357 e. The van der Waals surface area contributed by atoms with E-state index in [1.807, 2.05) is 36.4 Å². The number of anilines is 1. The van der Waals surface area contributed by atoms with Gasteiger partial charge in [-0.05, 0) is 17.7 Å². The smallest absolute Gasteiger partial charge is 0.183 e. The van der Waals surface area contributed by atoms with Crippen molar-refractivity contribution in [2.75, 3.05) is 5.32 Å². The van der Waals surface area contributed by atoms with Crippen LogP contribution in [0, 0.1) is 0 Å². The zero-order chi connectivity index (χ0) is 14.8. The third kappa shape index (κ3) is 3.50. The SMILES string of the molecule is Cl.c1ccc(CNc2nc(-c3ccc4nsnc4c3)cs2)cc1. The zero-order valence-electron chi connectivity index (χ0n) is 12.0. The van der Waals surface area contributed by atoms with E-state index in [2.05, 4.69) is 36.6 Å².